The maximum Gasteiger partial charge on any atom is 0.335 e. The molecule has 0 bridgehead atoms. The molecule has 4 rings (SSSR count). The van der Waals surface area contributed by atoms with Crippen molar-refractivity contribution in [3.05, 3.63) is 91.9 Å². The molecule has 1 aliphatic heterocycles. The Kier molecular flexibility index (Phi) is 7.98. The monoisotopic (exact) mass is 588 g/mol. The summed E-state index contributed by atoms with van der Waals surface area (Å²) < 4.78 is 12.3. The molecule has 1 aliphatic rings. The summed E-state index contributed by atoms with van der Waals surface area (Å²) in [6, 6.07) is 16.0. The first-order chi connectivity index (χ1) is 17.3. The lowest BCUT2D eigenvalue weighted by molar-refractivity contribution is -0.122. The van der Waals surface area contributed by atoms with E-state index in [9.17, 15) is 14.4 Å². The predicted molar refractivity (Wildman–Crippen MR) is 142 cm³/mol. The zero-order chi connectivity index (χ0) is 25.8. The number of nitrogens with one attached hydrogen (secondary N) is 1. The minimum Gasteiger partial charge on any atom is -0.490 e. The first-order valence-corrected chi connectivity index (χ1v) is 12.3. The van der Waals surface area contributed by atoms with E-state index in [1.807, 2.05) is 19.1 Å². The fourth-order valence-corrected chi connectivity index (χ4v) is 4.37. The summed E-state index contributed by atoms with van der Waals surface area (Å²) in [5.41, 5.74) is 1.42. The number of ether oxygens (including phenoxy) is 2. The van der Waals surface area contributed by atoms with Crippen LogP contribution in [-0.2, 0) is 16.2 Å². The Balaban J connectivity index is 1.66. The maximum absolute atomic E-state index is 13.2. The second kappa shape index (κ2) is 11.2. The number of nitrogens with zero attached hydrogens (tertiary/aromatic N) is 1. The summed E-state index contributed by atoms with van der Waals surface area (Å²) >= 11 is 15.5. The van der Waals surface area contributed by atoms with Crippen LogP contribution < -0.4 is 19.7 Å². The molecule has 0 spiro atoms. The van der Waals surface area contributed by atoms with Crippen LogP contribution in [0, 0.1) is 0 Å². The molecule has 3 aromatic rings. The van der Waals surface area contributed by atoms with Gasteiger partial charge in [-0.05, 0) is 82.5 Å². The molecule has 0 aliphatic carbocycles. The minimum atomic E-state index is -0.855. The van der Waals surface area contributed by atoms with Crippen LogP contribution in [0.3, 0.4) is 0 Å². The molecule has 0 unspecified atom stereocenters. The van der Waals surface area contributed by atoms with Gasteiger partial charge >= 0.3 is 6.03 Å². The summed E-state index contributed by atoms with van der Waals surface area (Å²) in [4.78, 5) is 39.0. The molecule has 1 N–H and O–H groups in total. The smallest absolute Gasteiger partial charge is 0.335 e. The minimum absolute atomic E-state index is 0.223. The highest BCUT2D eigenvalue weighted by Gasteiger charge is 2.37. The van der Waals surface area contributed by atoms with Crippen LogP contribution in [0.25, 0.3) is 6.08 Å². The van der Waals surface area contributed by atoms with Gasteiger partial charge in [-0.25, -0.2) is 9.69 Å². The van der Waals surface area contributed by atoms with E-state index in [1.165, 1.54) is 12.1 Å². The van der Waals surface area contributed by atoms with Crippen LogP contribution in [-0.4, -0.2) is 24.5 Å². The second-order valence-electron chi connectivity index (χ2n) is 7.62. The zero-order valence-corrected chi connectivity index (χ0v) is 22.0. The van der Waals surface area contributed by atoms with E-state index >= 15 is 0 Å². The lowest BCUT2D eigenvalue weighted by Crippen LogP contribution is -2.54. The quantitative estimate of drug-likeness (QED) is 0.255. The third-order valence-corrected chi connectivity index (χ3v) is 6.18. The number of anilines is 1. The van der Waals surface area contributed by atoms with Crippen LogP contribution in [0.4, 0.5) is 10.5 Å². The van der Waals surface area contributed by atoms with Gasteiger partial charge in [0.25, 0.3) is 11.8 Å². The average Bonchev–Trinajstić information content (AvgIpc) is 2.82. The summed E-state index contributed by atoms with van der Waals surface area (Å²) in [6.45, 7) is 2.46. The molecule has 0 saturated carbocycles. The Labute approximate surface area is 225 Å². The Hall–Kier alpha value is -3.33. The van der Waals surface area contributed by atoms with E-state index in [4.69, 9.17) is 32.7 Å². The van der Waals surface area contributed by atoms with Gasteiger partial charge in [-0.1, -0.05) is 41.4 Å². The third kappa shape index (κ3) is 5.73. The van der Waals surface area contributed by atoms with Gasteiger partial charge in [-0.15, -0.1) is 0 Å². The van der Waals surface area contributed by atoms with Crippen LogP contribution in [0.2, 0.25) is 10.0 Å². The lowest BCUT2D eigenvalue weighted by Gasteiger charge is -2.26. The van der Waals surface area contributed by atoms with Crippen molar-refractivity contribution in [2.45, 2.75) is 13.5 Å². The van der Waals surface area contributed by atoms with Crippen molar-refractivity contribution in [1.29, 1.82) is 0 Å². The van der Waals surface area contributed by atoms with Crippen molar-refractivity contribution in [2.24, 2.45) is 0 Å². The summed E-state index contributed by atoms with van der Waals surface area (Å²) in [7, 11) is 0. The van der Waals surface area contributed by atoms with Crippen molar-refractivity contribution in [2.75, 3.05) is 11.5 Å². The molecule has 1 fully saturated rings. The van der Waals surface area contributed by atoms with E-state index in [2.05, 4.69) is 21.2 Å². The van der Waals surface area contributed by atoms with Gasteiger partial charge in [0.15, 0.2) is 11.5 Å². The fraction of sp³-hybridized carbons (Fsp3) is 0.115. The van der Waals surface area contributed by atoms with Crippen LogP contribution >= 0.6 is 39.1 Å². The van der Waals surface area contributed by atoms with E-state index in [0.717, 1.165) is 10.5 Å². The number of barbiturate groups is 1. The largest absolute Gasteiger partial charge is 0.490 e. The number of halogens is 3. The molecule has 3 aromatic carbocycles. The highest BCUT2D eigenvalue weighted by Crippen LogP contribution is 2.38. The van der Waals surface area contributed by atoms with Gasteiger partial charge in [0, 0.05) is 10.0 Å². The molecule has 0 radical (unpaired) electrons. The topological polar surface area (TPSA) is 84.9 Å². The first-order valence-electron chi connectivity index (χ1n) is 10.8. The Morgan fingerprint density at radius 1 is 0.972 bits per heavy atom. The second-order valence-corrected chi connectivity index (χ2v) is 9.34. The van der Waals surface area contributed by atoms with E-state index in [1.54, 1.807) is 42.5 Å². The van der Waals surface area contributed by atoms with Crippen molar-refractivity contribution >= 4 is 68.7 Å². The third-order valence-electron chi connectivity index (χ3n) is 5.11. The average molecular weight is 590 g/mol. The van der Waals surface area contributed by atoms with E-state index in [0.29, 0.717) is 38.2 Å². The molecule has 36 heavy (non-hydrogen) atoms. The highest BCUT2D eigenvalue weighted by molar-refractivity contribution is 9.10. The number of benzene rings is 3. The number of hydrogen-bond donors (Lipinski definition) is 1. The number of carbonyl (C=O) groups excluding carboxylic acids is 3. The molecule has 1 heterocycles. The zero-order valence-electron chi connectivity index (χ0n) is 18.9. The van der Waals surface area contributed by atoms with E-state index in [-0.39, 0.29) is 17.9 Å². The Morgan fingerprint density at radius 3 is 2.42 bits per heavy atom. The van der Waals surface area contributed by atoms with Crippen molar-refractivity contribution in [3.8, 4) is 11.5 Å². The molecule has 4 amide bonds. The Morgan fingerprint density at radius 2 is 1.72 bits per heavy atom. The number of imide groups is 2. The molecular weight excluding hydrogens is 571 g/mol. The number of urea groups is 1. The summed E-state index contributed by atoms with van der Waals surface area (Å²) in [5, 5.41) is 3.17. The fourth-order valence-electron chi connectivity index (χ4n) is 3.48. The summed E-state index contributed by atoms with van der Waals surface area (Å²) in [5.74, 6) is -0.702. The van der Waals surface area contributed by atoms with Crippen LogP contribution in [0.5, 0.6) is 11.5 Å². The Bertz CT molecular complexity index is 1380. The van der Waals surface area contributed by atoms with Crippen molar-refractivity contribution < 1.29 is 23.9 Å². The number of carbonyl (C=O) groups is 3. The molecule has 1 saturated heterocycles. The van der Waals surface area contributed by atoms with Gasteiger partial charge in [-0.2, -0.15) is 0 Å². The first kappa shape index (κ1) is 25.8. The predicted octanol–water partition coefficient (Wildman–Crippen LogP) is 6.40. The van der Waals surface area contributed by atoms with Crippen LogP contribution in [0.1, 0.15) is 18.1 Å². The maximum atomic E-state index is 13.2. The number of hydrogen-bond acceptors (Lipinski definition) is 5. The van der Waals surface area contributed by atoms with Crippen LogP contribution in [0.15, 0.2) is 70.7 Å². The van der Waals surface area contributed by atoms with Crippen molar-refractivity contribution in [1.82, 2.24) is 5.32 Å². The van der Waals surface area contributed by atoms with Gasteiger partial charge in [0.2, 0.25) is 0 Å². The lowest BCUT2D eigenvalue weighted by atomic mass is 10.1. The number of amides is 4. The van der Waals surface area contributed by atoms with Gasteiger partial charge in [0.1, 0.15) is 12.2 Å². The molecule has 184 valence electrons. The van der Waals surface area contributed by atoms with Gasteiger partial charge in [0.05, 0.1) is 16.8 Å². The normalized spacial score (nSPS) is 14.7. The molecule has 7 nitrogen and oxygen atoms in total. The molecule has 0 atom stereocenters. The molecule has 10 heteroatoms. The molecular formula is C26H19BrCl2N2O5. The van der Waals surface area contributed by atoms with Gasteiger partial charge < -0.3 is 9.47 Å². The molecule has 0 aromatic heterocycles. The van der Waals surface area contributed by atoms with Crippen molar-refractivity contribution in [3.63, 3.8) is 0 Å². The standard InChI is InChI=1S/C26H19BrCl2N2O5/c1-2-35-22-12-16(11-21(27)23(22)36-14-15-6-8-17(28)9-7-15)10-20-24(32)30-26(34)31(25(20)33)19-5-3-4-18(29)13-19/h3-13H,2,14H2,1H3,(H,30,32,34)/b20-10+. The summed E-state index contributed by atoms with van der Waals surface area (Å²) in [6.07, 6.45) is 1.39. The number of rotatable bonds is 7. The SMILES string of the molecule is CCOc1cc(/C=C2\C(=O)NC(=O)N(c3cccc(Cl)c3)C2=O)cc(Br)c1OCc1ccc(Cl)cc1. The van der Waals surface area contributed by atoms with Gasteiger partial charge in [-0.3, -0.25) is 14.9 Å². The van der Waals surface area contributed by atoms with E-state index < -0.39 is 17.8 Å². The highest BCUT2D eigenvalue weighted by atomic mass is 79.9.